The summed E-state index contributed by atoms with van der Waals surface area (Å²) in [5.41, 5.74) is 1.53. The van der Waals surface area contributed by atoms with E-state index in [1.807, 2.05) is 0 Å². The maximum absolute atomic E-state index is 13.1. The average Bonchev–Trinajstić information content (AvgIpc) is 2.99. The number of carbonyl (C=O) groups is 1. The van der Waals surface area contributed by atoms with Crippen LogP contribution in [0.1, 0.15) is 38.2 Å². The number of nitrogens with zero attached hydrogens (tertiary/aromatic N) is 1. The van der Waals surface area contributed by atoms with Crippen molar-refractivity contribution in [1.29, 1.82) is 0 Å². The van der Waals surface area contributed by atoms with Crippen LogP contribution in [0.5, 0.6) is 0 Å². The highest BCUT2D eigenvalue weighted by Gasteiger charge is 2.60. The van der Waals surface area contributed by atoms with Gasteiger partial charge < -0.3 is 19.7 Å². The molecule has 1 aliphatic carbocycles. The van der Waals surface area contributed by atoms with E-state index in [1.54, 1.807) is 7.11 Å². The summed E-state index contributed by atoms with van der Waals surface area (Å²) in [6.07, 6.45) is 5.61. The Hall–Kier alpha value is -1.43. The predicted molar refractivity (Wildman–Crippen MR) is 105 cm³/mol. The molecule has 4 rings (SSSR count). The van der Waals surface area contributed by atoms with Crippen molar-refractivity contribution in [3.63, 3.8) is 0 Å². The van der Waals surface area contributed by atoms with Gasteiger partial charge in [-0.2, -0.15) is 0 Å². The van der Waals surface area contributed by atoms with E-state index in [4.69, 9.17) is 9.47 Å². The van der Waals surface area contributed by atoms with Crippen LogP contribution in [0.4, 0.5) is 0 Å². The van der Waals surface area contributed by atoms with E-state index in [0.29, 0.717) is 31.3 Å². The van der Waals surface area contributed by atoms with Crippen molar-refractivity contribution in [3.05, 3.63) is 35.9 Å². The third kappa shape index (κ3) is 3.53. The zero-order valence-corrected chi connectivity index (χ0v) is 16.5. The predicted octanol–water partition coefficient (Wildman–Crippen LogP) is 2.39. The highest BCUT2D eigenvalue weighted by molar-refractivity contribution is 5.79. The molecule has 1 N–H and O–H groups in total. The molecular formula is C22H32N2O3. The van der Waals surface area contributed by atoms with Crippen LogP contribution in [0.2, 0.25) is 0 Å². The fraction of sp³-hybridized carbons (Fsp3) is 0.682. The zero-order chi connectivity index (χ0) is 18.9. The van der Waals surface area contributed by atoms with Crippen LogP contribution >= 0.6 is 0 Å². The summed E-state index contributed by atoms with van der Waals surface area (Å²) >= 11 is 0. The van der Waals surface area contributed by atoms with E-state index in [0.717, 1.165) is 19.3 Å². The minimum Gasteiger partial charge on any atom is -0.382 e. The topological polar surface area (TPSA) is 50.8 Å². The van der Waals surface area contributed by atoms with Crippen LogP contribution < -0.4 is 5.32 Å². The second-order valence-corrected chi connectivity index (χ2v) is 8.59. The maximum atomic E-state index is 13.1. The summed E-state index contributed by atoms with van der Waals surface area (Å²) in [6, 6.07) is 12.1. The van der Waals surface area contributed by atoms with Gasteiger partial charge in [-0.1, -0.05) is 37.3 Å². The Morgan fingerprint density at radius 1 is 1.26 bits per heavy atom. The molecule has 1 aromatic rings. The second kappa shape index (κ2) is 7.90. The number of hydrogen-bond acceptors (Lipinski definition) is 4. The van der Waals surface area contributed by atoms with Gasteiger partial charge in [-0.15, -0.1) is 0 Å². The van der Waals surface area contributed by atoms with E-state index in [9.17, 15) is 4.79 Å². The monoisotopic (exact) mass is 372 g/mol. The Morgan fingerprint density at radius 2 is 2.07 bits per heavy atom. The number of carbonyl (C=O) groups excluding carboxylic acids is 1. The van der Waals surface area contributed by atoms with Crippen LogP contribution in [0.25, 0.3) is 0 Å². The number of nitrogens with one attached hydrogen (secondary N) is 1. The Kier molecular flexibility index (Phi) is 5.53. The average molecular weight is 373 g/mol. The second-order valence-electron chi connectivity index (χ2n) is 8.59. The summed E-state index contributed by atoms with van der Waals surface area (Å²) in [5, 5.41) is 3.94. The normalized spacial score (nSPS) is 34.7. The Bertz CT molecular complexity index is 652. The third-order valence-corrected chi connectivity index (χ3v) is 6.99. The number of hydrogen-bond donors (Lipinski definition) is 1. The number of fused-ring (bicyclic) bond motifs is 1. The summed E-state index contributed by atoms with van der Waals surface area (Å²) in [5.74, 6) is 0.146. The number of piperidine rings is 1. The Labute approximate surface area is 162 Å². The van der Waals surface area contributed by atoms with Crippen LogP contribution in [0.3, 0.4) is 0 Å². The SMILES string of the molecule is COCCOCC(=O)N1[C@H]2CCC[C@H]3N[C@H](Cc4ccccc4)[C@@H]1C[C@@]23C. The number of benzene rings is 1. The Morgan fingerprint density at radius 3 is 2.85 bits per heavy atom. The summed E-state index contributed by atoms with van der Waals surface area (Å²) in [7, 11) is 1.65. The van der Waals surface area contributed by atoms with Gasteiger partial charge in [-0.25, -0.2) is 0 Å². The highest BCUT2D eigenvalue weighted by Crippen LogP contribution is 2.53. The van der Waals surface area contributed by atoms with Crippen molar-refractivity contribution in [3.8, 4) is 0 Å². The van der Waals surface area contributed by atoms with Gasteiger partial charge in [0.2, 0.25) is 5.91 Å². The number of likely N-dealkylation sites (tertiary alicyclic amines) is 1. The van der Waals surface area contributed by atoms with Crippen LogP contribution in [-0.2, 0) is 20.7 Å². The van der Waals surface area contributed by atoms with Gasteiger partial charge in [0.15, 0.2) is 0 Å². The summed E-state index contributed by atoms with van der Waals surface area (Å²) < 4.78 is 10.6. The van der Waals surface area contributed by atoms with Gasteiger partial charge in [-0.05, 0) is 37.7 Å². The van der Waals surface area contributed by atoms with Crippen molar-refractivity contribution >= 4 is 5.91 Å². The fourth-order valence-electron chi connectivity index (χ4n) is 5.70. The largest absolute Gasteiger partial charge is 0.382 e. The summed E-state index contributed by atoms with van der Waals surface area (Å²) in [6.45, 7) is 3.55. The van der Waals surface area contributed by atoms with Gasteiger partial charge in [0.1, 0.15) is 6.61 Å². The molecule has 27 heavy (non-hydrogen) atoms. The van der Waals surface area contributed by atoms with Gasteiger partial charge in [-0.3, -0.25) is 4.79 Å². The first-order valence-electron chi connectivity index (χ1n) is 10.3. The molecule has 3 aliphatic rings. The van der Waals surface area contributed by atoms with Crippen molar-refractivity contribution < 1.29 is 14.3 Å². The summed E-state index contributed by atoms with van der Waals surface area (Å²) in [4.78, 5) is 15.3. The highest BCUT2D eigenvalue weighted by atomic mass is 16.5. The first-order valence-corrected chi connectivity index (χ1v) is 10.3. The molecular weight excluding hydrogens is 340 g/mol. The molecule has 1 saturated carbocycles. The minimum atomic E-state index is 0.146. The molecule has 3 fully saturated rings. The van der Waals surface area contributed by atoms with Crippen molar-refractivity contribution in [2.24, 2.45) is 5.41 Å². The number of ether oxygens (including phenoxy) is 2. The minimum absolute atomic E-state index is 0.146. The zero-order valence-electron chi connectivity index (χ0n) is 16.5. The molecule has 0 aromatic heterocycles. The molecule has 2 heterocycles. The van der Waals surface area contributed by atoms with Crippen LogP contribution in [0.15, 0.2) is 30.3 Å². The van der Waals surface area contributed by atoms with Crippen molar-refractivity contribution in [2.45, 2.75) is 63.2 Å². The number of amides is 1. The van der Waals surface area contributed by atoms with Crippen LogP contribution in [0, 0.1) is 5.41 Å². The van der Waals surface area contributed by atoms with E-state index >= 15 is 0 Å². The molecule has 0 spiro atoms. The standard InChI is InChI=1S/C22H32N2O3/c1-22-14-18-17(13-16-7-4-3-5-8-16)23-19(22)9-6-10-20(22)24(18)21(25)15-27-12-11-26-2/h3-5,7-8,17-20,23H,6,9-15H2,1-2H3/t17-,18+,19-,20+,22-/m1/s1. The Balaban J connectivity index is 1.53. The first kappa shape index (κ1) is 18.9. The smallest absolute Gasteiger partial charge is 0.249 e. The molecule has 2 bridgehead atoms. The lowest BCUT2D eigenvalue weighted by Gasteiger charge is -2.46. The van der Waals surface area contributed by atoms with E-state index in [2.05, 4.69) is 47.5 Å². The molecule has 1 aromatic carbocycles. The molecule has 1 amide bonds. The van der Waals surface area contributed by atoms with E-state index in [-0.39, 0.29) is 24.0 Å². The molecule has 0 unspecified atom stereocenters. The number of methoxy groups -OCH3 is 1. The lowest BCUT2D eigenvalue weighted by Crippen LogP contribution is -2.58. The lowest BCUT2D eigenvalue weighted by atomic mass is 9.65. The molecule has 148 valence electrons. The molecule has 2 aliphatic heterocycles. The third-order valence-electron chi connectivity index (χ3n) is 6.99. The lowest BCUT2D eigenvalue weighted by molar-refractivity contribution is -0.140. The van der Waals surface area contributed by atoms with Gasteiger partial charge >= 0.3 is 0 Å². The first-order chi connectivity index (χ1) is 13.1. The van der Waals surface area contributed by atoms with E-state index < -0.39 is 0 Å². The molecule has 2 saturated heterocycles. The molecule has 5 atom stereocenters. The van der Waals surface area contributed by atoms with Crippen molar-refractivity contribution in [1.82, 2.24) is 10.2 Å². The molecule has 0 radical (unpaired) electrons. The number of rotatable bonds is 7. The molecule has 5 heteroatoms. The van der Waals surface area contributed by atoms with E-state index in [1.165, 1.54) is 18.4 Å². The maximum Gasteiger partial charge on any atom is 0.249 e. The quantitative estimate of drug-likeness (QED) is 0.747. The molecule has 5 nitrogen and oxygen atoms in total. The van der Waals surface area contributed by atoms with Crippen LogP contribution in [-0.4, -0.2) is 61.9 Å². The van der Waals surface area contributed by atoms with Crippen molar-refractivity contribution in [2.75, 3.05) is 26.9 Å². The van der Waals surface area contributed by atoms with Gasteiger partial charge in [0.25, 0.3) is 0 Å². The fourth-order valence-corrected chi connectivity index (χ4v) is 5.70. The van der Waals surface area contributed by atoms with Gasteiger partial charge in [0, 0.05) is 36.7 Å². The van der Waals surface area contributed by atoms with Gasteiger partial charge in [0.05, 0.1) is 13.2 Å².